The number of amides is 4. The van der Waals surface area contributed by atoms with Crippen molar-refractivity contribution in [3.8, 4) is 11.6 Å². The normalized spacial score (nSPS) is 25.5. The molecule has 4 fully saturated rings. The summed E-state index contributed by atoms with van der Waals surface area (Å²) in [7, 11) is -2.32. The summed E-state index contributed by atoms with van der Waals surface area (Å²) < 4.78 is 44.9. The molecule has 1 aromatic heterocycles. The lowest BCUT2D eigenvalue weighted by Gasteiger charge is -2.35. The molecule has 282 valence electrons. The third kappa shape index (κ3) is 8.13. The second kappa shape index (κ2) is 14.6. The lowest BCUT2D eigenvalue weighted by atomic mass is 9.83. The van der Waals surface area contributed by atoms with Crippen molar-refractivity contribution in [3.63, 3.8) is 0 Å². The van der Waals surface area contributed by atoms with Crippen LogP contribution in [-0.2, 0) is 29.1 Å². The molecule has 4 amide bonds. The van der Waals surface area contributed by atoms with Crippen molar-refractivity contribution in [1.82, 2.24) is 25.2 Å². The SMILES string of the molecule is C=CC1CC1(NC(=O)C1CC(Oc2nccc3cc(OC)ccc23)CN1C(=O)C(NC(=O)OC(C)(C)C)C1CCCCC1)C(=O)NS(=O)(=O)C1CC1. The Morgan fingerprint density at radius 3 is 2.44 bits per heavy atom. The van der Waals surface area contributed by atoms with Crippen molar-refractivity contribution in [1.29, 1.82) is 0 Å². The monoisotopic (exact) mass is 739 g/mol. The van der Waals surface area contributed by atoms with E-state index in [1.807, 2.05) is 18.2 Å². The number of rotatable bonds is 12. The van der Waals surface area contributed by atoms with Crippen molar-refractivity contribution >= 4 is 44.6 Å². The highest BCUT2D eigenvalue weighted by molar-refractivity contribution is 7.91. The van der Waals surface area contributed by atoms with E-state index in [1.165, 1.54) is 11.0 Å². The van der Waals surface area contributed by atoms with Gasteiger partial charge in [-0.15, -0.1) is 6.58 Å². The molecule has 52 heavy (non-hydrogen) atoms. The Kier molecular flexibility index (Phi) is 10.5. The van der Waals surface area contributed by atoms with Crippen molar-refractivity contribution < 1.29 is 41.8 Å². The molecule has 3 saturated carbocycles. The molecule has 1 aromatic carbocycles. The molecule has 2 heterocycles. The van der Waals surface area contributed by atoms with Crippen LogP contribution in [0, 0.1) is 11.8 Å². The second-order valence-electron chi connectivity index (χ2n) is 15.4. The highest BCUT2D eigenvalue weighted by Gasteiger charge is 2.62. The van der Waals surface area contributed by atoms with E-state index in [0.717, 1.165) is 24.6 Å². The van der Waals surface area contributed by atoms with E-state index in [0.29, 0.717) is 42.7 Å². The molecule has 3 N–H and O–H groups in total. The maximum absolute atomic E-state index is 14.7. The van der Waals surface area contributed by atoms with Crippen LogP contribution in [0.25, 0.3) is 10.8 Å². The summed E-state index contributed by atoms with van der Waals surface area (Å²) in [5, 5.41) is 6.53. The first kappa shape index (κ1) is 37.4. The van der Waals surface area contributed by atoms with Crippen LogP contribution >= 0.6 is 0 Å². The van der Waals surface area contributed by atoms with Gasteiger partial charge < -0.3 is 29.7 Å². The van der Waals surface area contributed by atoms with Crippen LogP contribution in [-0.4, -0.2) is 90.3 Å². The van der Waals surface area contributed by atoms with Crippen molar-refractivity contribution in [3.05, 3.63) is 43.1 Å². The predicted molar refractivity (Wildman–Crippen MR) is 192 cm³/mol. The Morgan fingerprint density at radius 1 is 1.08 bits per heavy atom. The number of carbonyl (C=O) groups excluding carboxylic acids is 4. The van der Waals surface area contributed by atoms with Gasteiger partial charge in [0.05, 0.1) is 18.9 Å². The fourth-order valence-corrected chi connectivity index (χ4v) is 8.73. The number of nitrogens with one attached hydrogen (secondary N) is 3. The van der Waals surface area contributed by atoms with Gasteiger partial charge in [-0.3, -0.25) is 19.1 Å². The Bertz CT molecular complexity index is 1840. The zero-order valence-electron chi connectivity index (χ0n) is 30.2. The quantitative estimate of drug-likeness (QED) is 0.271. The molecule has 5 atom stereocenters. The van der Waals surface area contributed by atoms with Crippen LogP contribution in [0.4, 0.5) is 4.79 Å². The van der Waals surface area contributed by atoms with E-state index in [1.54, 1.807) is 40.1 Å². The van der Waals surface area contributed by atoms with Crippen molar-refractivity contribution in [2.75, 3.05) is 13.7 Å². The van der Waals surface area contributed by atoms with Gasteiger partial charge in [0.1, 0.15) is 35.1 Å². The highest BCUT2D eigenvalue weighted by Crippen LogP contribution is 2.45. The van der Waals surface area contributed by atoms with E-state index in [2.05, 4.69) is 26.9 Å². The third-order valence-corrected chi connectivity index (χ3v) is 12.2. The summed E-state index contributed by atoms with van der Waals surface area (Å²) in [5.41, 5.74) is -2.34. The summed E-state index contributed by atoms with van der Waals surface area (Å²) in [6.45, 7) is 8.98. The fourth-order valence-electron chi connectivity index (χ4n) is 7.36. The largest absolute Gasteiger partial charge is 0.497 e. The predicted octanol–water partition coefficient (Wildman–Crippen LogP) is 3.73. The minimum atomic E-state index is -3.89. The summed E-state index contributed by atoms with van der Waals surface area (Å²) in [6.07, 6.45) is 7.03. The topological polar surface area (TPSA) is 182 Å². The minimum absolute atomic E-state index is 0.00942. The van der Waals surface area contributed by atoms with Crippen LogP contribution in [0.15, 0.2) is 43.1 Å². The number of hydrogen-bond acceptors (Lipinski definition) is 10. The highest BCUT2D eigenvalue weighted by atomic mass is 32.2. The molecular weight excluding hydrogens is 691 g/mol. The summed E-state index contributed by atoms with van der Waals surface area (Å²) in [5.74, 6) is -1.67. The van der Waals surface area contributed by atoms with Crippen LogP contribution in [0.5, 0.6) is 11.6 Å². The molecule has 1 aliphatic heterocycles. The molecule has 5 unspecified atom stereocenters. The third-order valence-electron chi connectivity index (χ3n) is 10.4. The first-order chi connectivity index (χ1) is 24.6. The van der Waals surface area contributed by atoms with Crippen LogP contribution < -0.4 is 24.8 Å². The average molecular weight is 740 g/mol. The van der Waals surface area contributed by atoms with Crippen LogP contribution in [0.1, 0.15) is 78.6 Å². The molecule has 0 radical (unpaired) electrons. The molecule has 0 bridgehead atoms. The van der Waals surface area contributed by atoms with Crippen LogP contribution in [0.3, 0.4) is 0 Å². The van der Waals surface area contributed by atoms with Gasteiger partial charge >= 0.3 is 6.09 Å². The number of alkyl carbamates (subject to hydrolysis) is 1. The molecule has 1 saturated heterocycles. The van der Waals surface area contributed by atoms with Gasteiger partial charge in [-0.2, -0.15) is 0 Å². The maximum atomic E-state index is 14.7. The van der Waals surface area contributed by atoms with E-state index in [9.17, 15) is 27.6 Å². The fraction of sp³-hybridized carbons (Fsp3) is 0.595. The van der Waals surface area contributed by atoms with Crippen LogP contribution in [0.2, 0.25) is 0 Å². The van der Waals surface area contributed by atoms with Gasteiger partial charge in [0, 0.05) is 23.9 Å². The number of carbonyl (C=O) groups is 4. The Hall–Kier alpha value is -4.40. The van der Waals surface area contributed by atoms with Gasteiger partial charge in [0.15, 0.2) is 0 Å². The van der Waals surface area contributed by atoms with Gasteiger partial charge in [-0.1, -0.05) is 25.3 Å². The van der Waals surface area contributed by atoms with Gasteiger partial charge in [0.2, 0.25) is 27.7 Å². The van der Waals surface area contributed by atoms with Gasteiger partial charge in [-0.25, -0.2) is 18.2 Å². The zero-order chi connectivity index (χ0) is 37.4. The van der Waals surface area contributed by atoms with Crippen molar-refractivity contribution in [2.45, 2.75) is 113 Å². The molecule has 4 aliphatic rings. The lowest BCUT2D eigenvalue weighted by Crippen LogP contribution is -2.59. The molecule has 15 heteroatoms. The molecular formula is C37H49N5O9S. The Morgan fingerprint density at radius 2 is 1.81 bits per heavy atom. The number of fused-ring (bicyclic) bond motifs is 1. The molecule has 6 rings (SSSR count). The molecule has 2 aromatic rings. The number of benzene rings is 1. The molecule has 14 nitrogen and oxygen atoms in total. The lowest BCUT2D eigenvalue weighted by molar-refractivity contribution is -0.142. The number of aromatic nitrogens is 1. The summed E-state index contributed by atoms with van der Waals surface area (Å²) in [6, 6.07) is 5.19. The summed E-state index contributed by atoms with van der Waals surface area (Å²) >= 11 is 0. The smallest absolute Gasteiger partial charge is 0.408 e. The number of nitrogens with zero attached hydrogens (tertiary/aromatic N) is 2. The van der Waals surface area contributed by atoms with Crippen molar-refractivity contribution in [2.24, 2.45) is 11.8 Å². The van der Waals surface area contributed by atoms with Gasteiger partial charge in [-0.05, 0) is 88.4 Å². The van der Waals surface area contributed by atoms with E-state index < -0.39 is 74.3 Å². The number of hydrogen-bond donors (Lipinski definition) is 3. The first-order valence-electron chi connectivity index (χ1n) is 18.0. The number of ether oxygens (including phenoxy) is 3. The first-order valence-corrected chi connectivity index (χ1v) is 19.6. The number of methoxy groups -OCH3 is 1. The van der Waals surface area contributed by atoms with E-state index >= 15 is 0 Å². The number of pyridine rings is 1. The Balaban J connectivity index is 1.29. The minimum Gasteiger partial charge on any atom is -0.497 e. The number of likely N-dealkylation sites (tertiary alicyclic amines) is 1. The standard InChI is InChI=1S/C37H49N5O9S/c1-6-24-20-37(24,34(45)41-52(47,48)27-13-14-27)40-31(43)29-19-26(50-32-28-15-12-25(49-5)18-23(28)16-17-38-32)21-42(29)33(44)30(22-10-8-7-9-11-22)39-35(46)51-36(2,3)4/h6,12,15-18,22,24,26-27,29-30H,1,7-11,13-14,19-21H2,2-5H3,(H,39,46)(H,40,43)(H,41,45). The van der Waals surface area contributed by atoms with E-state index in [-0.39, 0.29) is 25.3 Å². The maximum Gasteiger partial charge on any atom is 0.408 e. The zero-order valence-corrected chi connectivity index (χ0v) is 31.0. The Labute approximate surface area is 304 Å². The molecule has 3 aliphatic carbocycles. The number of sulfonamides is 1. The second-order valence-corrected chi connectivity index (χ2v) is 17.4. The van der Waals surface area contributed by atoms with Gasteiger partial charge in [0.25, 0.3) is 5.91 Å². The average Bonchev–Trinajstić information content (AvgIpc) is 4.03. The molecule has 0 spiro atoms. The summed E-state index contributed by atoms with van der Waals surface area (Å²) in [4.78, 5) is 61.4. The van der Waals surface area contributed by atoms with E-state index in [4.69, 9.17) is 14.2 Å².